The van der Waals surface area contributed by atoms with Crippen molar-refractivity contribution in [3.8, 4) is 11.5 Å². The molecule has 0 bridgehead atoms. The Labute approximate surface area is 145 Å². The Bertz CT molecular complexity index is 662. The minimum absolute atomic E-state index is 0.296. The highest BCUT2D eigenvalue weighted by atomic mass is 28.3. The smallest absolute Gasteiger partial charge is 0.252 e. The van der Waals surface area contributed by atoms with Crippen LogP contribution in [0.25, 0.3) is 0 Å². The summed E-state index contributed by atoms with van der Waals surface area (Å²) >= 11 is 0. The van der Waals surface area contributed by atoms with Crippen LogP contribution in [0.2, 0.25) is 19.6 Å². The number of benzene rings is 1. The molecule has 0 unspecified atom stereocenters. The quantitative estimate of drug-likeness (QED) is 0.356. The van der Waals surface area contributed by atoms with Crippen molar-refractivity contribution in [1.82, 2.24) is 5.32 Å². The molecule has 1 rings (SSSR count). The summed E-state index contributed by atoms with van der Waals surface area (Å²) in [7, 11) is -1.43. The first-order chi connectivity index (χ1) is 11.2. The number of rotatable bonds is 7. The maximum Gasteiger partial charge on any atom is 0.252 e. The highest BCUT2D eigenvalue weighted by molar-refractivity contribution is 6.83. The predicted molar refractivity (Wildman–Crippen MR) is 103 cm³/mol. The second-order valence-corrected chi connectivity index (χ2v) is 11.5. The molecule has 3 nitrogen and oxygen atoms in total. The molecule has 1 amide bonds. The van der Waals surface area contributed by atoms with Gasteiger partial charge in [0.05, 0.1) is 0 Å². The molecule has 0 heterocycles. The van der Waals surface area contributed by atoms with Crippen molar-refractivity contribution in [3.05, 3.63) is 60.7 Å². The fourth-order valence-electron chi connectivity index (χ4n) is 2.09. The summed E-state index contributed by atoms with van der Waals surface area (Å²) in [6, 6.07) is 7.10. The lowest BCUT2D eigenvalue weighted by Crippen LogP contribution is -2.49. The molecule has 0 spiro atoms. The van der Waals surface area contributed by atoms with Crippen LogP contribution < -0.4 is 5.32 Å². The van der Waals surface area contributed by atoms with Crippen LogP contribution in [0.4, 0.5) is 0 Å². The molecule has 1 aromatic carbocycles. The highest BCUT2D eigenvalue weighted by Gasteiger charge is 2.29. The van der Waals surface area contributed by atoms with Crippen molar-refractivity contribution in [1.29, 1.82) is 0 Å². The number of amides is 1. The van der Waals surface area contributed by atoms with Gasteiger partial charge >= 0.3 is 0 Å². The highest BCUT2D eigenvalue weighted by Crippen LogP contribution is 2.16. The monoisotopic (exact) mass is 339 g/mol. The van der Waals surface area contributed by atoms with E-state index in [9.17, 15) is 9.59 Å². The van der Waals surface area contributed by atoms with Crippen molar-refractivity contribution < 1.29 is 9.59 Å². The van der Waals surface area contributed by atoms with E-state index in [-0.39, 0.29) is 5.91 Å². The number of carbonyl (C=O) groups is 2. The van der Waals surface area contributed by atoms with Gasteiger partial charge in [0.1, 0.15) is 19.9 Å². The fourth-order valence-corrected chi connectivity index (χ4v) is 2.61. The van der Waals surface area contributed by atoms with Gasteiger partial charge in [0, 0.05) is 11.1 Å². The van der Waals surface area contributed by atoms with Gasteiger partial charge in [-0.2, -0.15) is 0 Å². The Kier molecular flexibility index (Phi) is 6.93. The van der Waals surface area contributed by atoms with Crippen molar-refractivity contribution in [3.63, 3.8) is 0 Å². The molecule has 0 saturated carbocycles. The van der Waals surface area contributed by atoms with Crippen LogP contribution in [0.1, 0.15) is 28.8 Å². The maximum absolute atomic E-state index is 12.4. The zero-order valence-electron chi connectivity index (χ0n) is 14.7. The second kappa shape index (κ2) is 8.46. The molecule has 0 aliphatic carbocycles. The van der Waals surface area contributed by atoms with E-state index in [0.717, 1.165) is 11.8 Å². The average Bonchev–Trinajstić information content (AvgIpc) is 2.53. The molecule has 1 N–H and O–H groups in total. The topological polar surface area (TPSA) is 46.2 Å². The van der Waals surface area contributed by atoms with E-state index in [1.165, 1.54) is 0 Å². The number of hydrogen-bond acceptors (Lipinski definition) is 2. The van der Waals surface area contributed by atoms with Gasteiger partial charge in [0.25, 0.3) is 5.91 Å². The molecule has 24 heavy (non-hydrogen) atoms. The SMILES string of the molecule is C=CCC(C=O)(CC=C)NC(=O)c1ccc(C#C[Si](C)(C)C)cc1. The van der Waals surface area contributed by atoms with E-state index in [2.05, 4.69) is 49.6 Å². The lowest BCUT2D eigenvalue weighted by Gasteiger charge is -2.27. The van der Waals surface area contributed by atoms with E-state index >= 15 is 0 Å². The van der Waals surface area contributed by atoms with Crippen LogP contribution in [0.15, 0.2) is 49.6 Å². The lowest BCUT2D eigenvalue weighted by molar-refractivity contribution is -0.113. The molecule has 0 aliphatic rings. The van der Waals surface area contributed by atoms with Gasteiger partial charge in [0.2, 0.25) is 0 Å². The predicted octanol–water partition coefficient (Wildman–Crippen LogP) is 3.74. The summed E-state index contributed by atoms with van der Waals surface area (Å²) in [6.45, 7) is 13.8. The Morgan fingerprint density at radius 1 is 1.17 bits per heavy atom. The van der Waals surface area contributed by atoms with Crippen molar-refractivity contribution >= 4 is 20.3 Å². The van der Waals surface area contributed by atoms with Crippen molar-refractivity contribution in [2.45, 2.75) is 38.0 Å². The van der Waals surface area contributed by atoms with E-state index in [0.29, 0.717) is 18.4 Å². The largest absolute Gasteiger partial charge is 0.339 e. The standard InChI is InChI=1S/C20H25NO2Si/c1-6-13-20(16-22,14-7-2)21-19(23)18-10-8-17(9-11-18)12-15-24(3,4)5/h6-11,16H,1-2,13-14H2,3-5H3,(H,21,23). The van der Waals surface area contributed by atoms with E-state index in [1.54, 1.807) is 24.3 Å². The van der Waals surface area contributed by atoms with Crippen LogP contribution in [0.5, 0.6) is 0 Å². The molecule has 0 atom stereocenters. The summed E-state index contributed by atoms with van der Waals surface area (Å²) in [5, 5.41) is 2.80. The number of aldehydes is 1. The van der Waals surface area contributed by atoms with Gasteiger partial charge in [-0.3, -0.25) is 4.79 Å². The minimum Gasteiger partial charge on any atom is -0.339 e. The third-order valence-electron chi connectivity index (χ3n) is 3.33. The average molecular weight is 340 g/mol. The molecular formula is C20H25NO2Si. The van der Waals surface area contributed by atoms with Crippen molar-refractivity contribution in [2.24, 2.45) is 0 Å². The van der Waals surface area contributed by atoms with Crippen LogP contribution in [0, 0.1) is 11.5 Å². The molecule has 0 aliphatic heterocycles. The number of carbonyl (C=O) groups excluding carboxylic acids is 2. The Morgan fingerprint density at radius 3 is 2.12 bits per heavy atom. The molecule has 4 heteroatoms. The first-order valence-electron chi connectivity index (χ1n) is 7.89. The second-order valence-electron chi connectivity index (χ2n) is 6.79. The van der Waals surface area contributed by atoms with Crippen LogP contribution >= 0.6 is 0 Å². The summed E-state index contributed by atoms with van der Waals surface area (Å²) in [6.07, 6.45) is 4.70. The summed E-state index contributed by atoms with van der Waals surface area (Å²) in [5.74, 6) is 2.85. The third kappa shape index (κ3) is 6.02. The van der Waals surface area contributed by atoms with Gasteiger partial charge < -0.3 is 10.1 Å². The zero-order valence-corrected chi connectivity index (χ0v) is 15.7. The minimum atomic E-state index is -1.43. The molecule has 0 saturated heterocycles. The first kappa shape index (κ1) is 19.7. The Balaban J connectivity index is 2.94. The molecule has 0 fully saturated rings. The van der Waals surface area contributed by atoms with Gasteiger partial charge in [-0.15, -0.1) is 18.7 Å². The first-order valence-corrected chi connectivity index (χ1v) is 11.4. The van der Waals surface area contributed by atoms with Crippen LogP contribution in [-0.2, 0) is 4.79 Å². The Hall–Kier alpha value is -2.38. The van der Waals surface area contributed by atoms with E-state index in [4.69, 9.17) is 0 Å². The molecule has 0 radical (unpaired) electrons. The fraction of sp³-hybridized carbons (Fsp3) is 0.300. The summed E-state index contributed by atoms with van der Waals surface area (Å²) < 4.78 is 0. The maximum atomic E-state index is 12.4. The van der Waals surface area contributed by atoms with Gasteiger partial charge in [-0.25, -0.2) is 0 Å². The lowest BCUT2D eigenvalue weighted by atomic mass is 9.92. The van der Waals surface area contributed by atoms with Crippen LogP contribution in [0.3, 0.4) is 0 Å². The van der Waals surface area contributed by atoms with Crippen molar-refractivity contribution in [2.75, 3.05) is 0 Å². The summed E-state index contributed by atoms with van der Waals surface area (Å²) in [4.78, 5) is 23.9. The summed E-state index contributed by atoms with van der Waals surface area (Å²) in [5.41, 5.74) is 3.67. The van der Waals surface area contributed by atoms with E-state index in [1.807, 2.05) is 12.1 Å². The number of nitrogens with one attached hydrogen (secondary N) is 1. The number of hydrogen-bond donors (Lipinski definition) is 1. The van der Waals surface area contributed by atoms with Gasteiger partial charge in [-0.1, -0.05) is 37.7 Å². The molecule has 1 aromatic rings. The molecular weight excluding hydrogens is 314 g/mol. The third-order valence-corrected chi connectivity index (χ3v) is 4.21. The van der Waals surface area contributed by atoms with Gasteiger partial charge in [0.15, 0.2) is 0 Å². The van der Waals surface area contributed by atoms with Gasteiger partial charge in [-0.05, 0) is 37.1 Å². The Morgan fingerprint density at radius 2 is 1.71 bits per heavy atom. The van der Waals surface area contributed by atoms with E-state index < -0.39 is 13.6 Å². The molecule has 126 valence electrons. The zero-order chi connectivity index (χ0) is 18.2. The van der Waals surface area contributed by atoms with Crippen LogP contribution in [-0.4, -0.2) is 25.8 Å². The molecule has 0 aromatic heterocycles. The normalized spacial score (nSPS) is 11.0.